The number of benzene rings is 1. The van der Waals surface area contributed by atoms with E-state index < -0.39 is 7.94 Å². The first-order chi connectivity index (χ1) is 15.9. The molecule has 1 amide bonds. The highest BCUT2D eigenvalue weighted by molar-refractivity contribution is 7.59. The maximum absolute atomic E-state index is 11.9. The van der Waals surface area contributed by atoms with E-state index in [4.69, 9.17) is 13.8 Å². The summed E-state index contributed by atoms with van der Waals surface area (Å²) in [6, 6.07) is 5.44. The highest BCUT2D eigenvalue weighted by atomic mass is 31.2. The van der Waals surface area contributed by atoms with Crippen molar-refractivity contribution in [3.05, 3.63) is 53.1 Å². The summed E-state index contributed by atoms with van der Waals surface area (Å²) in [6.07, 6.45) is 12.2. The minimum atomic E-state index is -2.75. The number of carbonyl (C=O) groups excluding carboxylic acids is 2. The molecule has 0 saturated carbocycles. The Balaban J connectivity index is 1.43. The molecule has 1 atom stereocenters. The van der Waals surface area contributed by atoms with Gasteiger partial charge in [0.1, 0.15) is 25.3 Å². The Morgan fingerprint density at radius 1 is 1.12 bits per heavy atom. The first kappa shape index (κ1) is 27.2. The van der Waals surface area contributed by atoms with E-state index in [-0.39, 0.29) is 5.91 Å². The van der Waals surface area contributed by atoms with Gasteiger partial charge in [-0.3, -0.25) is 9.59 Å². The summed E-state index contributed by atoms with van der Waals surface area (Å²) in [5.41, 5.74) is 2.71. The van der Waals surface area contributed by atoms with Crippen LogP contribution in [0.4, 0.5) is 0 Å². The fourth-order valence-corrected chi connectivity index (χ4v) is 4.14. The molecule has 0 fully saturated rings. The summed E-state index contributed by atoms with van der Waals surface area (Å²) in [7, 11) is -2.75. The van der Waals surface area contributed by atoms with E-state index in [1.807, 2.05) is 31.2 Å². The smallest absolute Gasteiger partial charge is 0.405 e. The Bertz CT molecular complexity index is 821. The lowest BCUT2D eigenvalue weighted by Gasteiger charge is -2.14. The van der Waals surface area contributed by atoms with Gasteiger partial charge >= 0.3 is 7.94 Å². The summed E-state index contributed by atoms with van der Waals surface area (Å²) < 4.78 is 16.6. The predicted octanol–water partition coefficient (Wildman–Crippen LogP) is 4.81. The van der Waals surface area contributed by atoms with Crippen LogP contribution in [0.3, 0.4) is 0 Å². The van der Waals surface area contributed by atoms with E-state index in [2.05, 4.69) is 5.32 Å². The molecule has 0 saturated heterocycles. The second kappa shape index (κ2) is 15.0. The molecular weight excluding hydrogens is 441 g/mol. The van der Waals surface area contributed by atoms with Crippen LogP contribution >= 0.6 is 7.94 Å². The maximum atomic E-state index is 11.9. The third-order valence-corrected chi connectivity index (χ3v) is 6.52. The van der Waals surface area contributed by atoms with Gasteiger partial charge in [0, 0.05) is 18.5 Å². The number of aldehydes is 1. The van der Waals surface area contributed by atoms with Crippen molar-refractivity contribution in [1.82, 2.24) is 5.32 Å². The van der Waals surface area contributed by atoms with Gasteiger partial charge in [0.15, 0.2) is 0 Å². The standard InChI is InChI=1S/C25H36NO6P/c1-3-22-18-24(14-13-23(22)19-27)30-16-9-12-25(28)26-15-6-4-5-7-17-31-33(2,29)32-20-21-10-8-11-21/h8,10-11,13-14,18-19,29H,3-7,9,12,15-17,20H2,1-2H3/p+1. The molecule has 8 heteroatoms. The van der Waals surface area contributed by atoms with Crippen LogP contribution in [0.25, 0.3) is 0 Å². The third kappa shape index (κ3) is 11.1. The number of ether oxygens (including phenoxy) is 1. The predicted molar refractivity (Wildman–Crippen MR) is 132 cm³/mol. The maximum Gasteiger partial charge on any atom is 0.405 e. The topological polar surface area (TPSA) is 94.1 Å². The van der Waals surface area contributed by atoms with Crippen LogP contribution in [0.2, 0.25) is 0 Å². The minimum absolute atomic E-state index is 0.0295. The van der Waals surface area contributed by atoms with Gasteiger partial charge in [-0.05, 0) is 55.0 Å². The Labute approximate surface area is 197 Å². The molecule has 2 rings (SSSR count). The number of aryl methyl sites for hydroxylation is 1. The molecule has 182 valence electrons. The average Bonchev–Trinajstić information content (AvgIpc) is 2.77. The monoisotopic (exact) mass is 478 g/mol. The molecule has 0 aliphatic heterocycles. The zero-order valence-corrected chi connectivity index (χ0v) is 20.6. The number of unbranched alkanes of at least 4 members (excludes halogenated alkanes) is 3. The van der Waals surface area contributed by atoms with Crippen molar-refractivity contribution < 1.29 is 28.3 Å². The van der Waals surface area contributed by atoms with Gasteiger partial charge in [0.25, 0.3) is 0 Å². The van der Waals surface area contributed by atoms with E-state index in [0.717, 1.165) is 55.3 Å². The minimum Gasteiger partial charge on any atom is -0.494 e. The van der Waals surface area contributed by atoms with Gasteiger partial charge in [-0.25, -0.2) is 0 Å². The van der Waals surface area contributed by atoms with Crippen LogP contribution in [0.1, 0.15) is 61.4 Å². The van der Waals surface area contributed by atoms with E-state index in [1.165, 1.54) is 0 Å². The molecule has 0 aromatic heterocycles. The number of carbonyl (C=O) groups is 2. The Morgan fingerprint density at radius 3 is 2.61 bits per heavy atom. The van der Waals surface area contributed by atoms with Crippen molar-refractivity contribution in [3.8, 4) is 5.75 Å². The molecule has 1 aromatic carbocycles. The van der Waals surface area contributed by atoms with Crippen LogP contribution < -0.4 is 10.1 Å². The van der Waals surface area contributed by atoms with E-state index in [9.17, 15) is 14.5 Å². The summed E-state index contributed by atoms with van der Waals surface area (Å²) >= 11 is 0. The molecule has 33 heavy (non-hydrogen) atoms. The molecule has 0 bridgehead atoms. The van der Waals surface area contributed by atoms with Gasteiger partial charge in [0.05, 0.1) is 13.2 Å². The number of hydrogen-bond acceptors (Lipinski definition) is 6. The van der Waals surface area contributed by atoms with Crippen LogP contribution in [0.5, 0.6) is 5.75 Å². The lowest BCUT2D eigenvalue weighted by Crippen LogP contribution is -2.24. The summed E-state index contributed by atoms with van der Waals surface area (Å²) in [5.74, 6) is 0.756. The normalized spacial score (nSPS) is 14.2. The van der Waals surface area contributed by atoms with E-state index in [1.54, 1.807) is 18.8 Å². The van der Waals surface area contributed by atoms with Crippen molar-refractivity contribution in [3.63, 3.8) is 0 Å². The van der Waals surface area contributed by atoms with Gasteiger partial charge < -0.3 is 10.1 Å². The molecule has 0 spiro atoms. The van der Waals surface area contributed by atoms with E-state index in [0.29, 0.717) is 44.8 Å². The number of allylic oxidation sites excluding steroid dienone is 2. The van der Waals surface area contributed by atoms with Crippen molar-refractivity contribution >= 4 is 20.1 Å². The van der Waals surface area contributed by atoms with Gasteiger partial charge in [0.2, 0.25) is 5.91 Å². The van der Waals surface area contributed by atoms with Crippen LogP contribution in [0, 0.1) is 0 Å². The fraction of sp³-hybridized carbons (Fsp3) is 0.520. The molecule has 7 nitrogen and oxygen atoms in total. The Morgan fingerprint density at radius 2 is 1.91 bits per heavy atom. The van der Waals surface area contributed by atoms with Crippen LogP contribution in [-0.2, 0) is 20.3 Å². The molecular formula is C25H37NO6P+. The largest absolute Gasteiger partial charge is 0.494 e. The highest BCUT2D eigenvalue weighted by Crippen LogP contribution is 2.53. The summed E-state index contributed by atoms with van der Waals surface area (Å²) in [5, 5.41) is 2.94. The van der Waals surface area contributed by atoms with Crippen molar-refractivity contribution in [2.45, 2.75) is 51.9 Å². The molecule has 0 heterocycles. The van der Waals surface area contributed by atoms with Crippen molar-refractivity contribution in [2.75, 3.05) is 33.0 Å². The highest BCUT2D eigenvalue weighted by Gasteiger charge is 2.33. The van der Waals surface area contributed by atoms with Crippen LogP contribution in [0.15, 0.2) is 42.0 Å². The fourth-order valence-electron chi connectivity index (χ4n) is 3.21. The number of hydrogen-bond donors (Lipinski definition) is 2. The quantitative estimate of drug-likeness (QED) is 0.179. The van der Waals surface area contributed by atoms with Crippen molar-refractivity contribution in [1.29, 1.82) is 0 Å². The molecule has 0 radical (unpaired) electrons. The summed E-state index contributed by atoms with van der Waals surface area (Å²) in [6.45, 7) is 5.59. The zero-order valence-electron chi connectivity index (χ0n) is 19.8. The first-order valence-corrected chi connectivity index (χ1v) is 13.7. The molecule has 2 N–H and O–H groups in total. The number of amides is 1. The lowest BCUT2D eigenvalue weighted by molar-refractivity contribution is -0.121. The van der Waals surface area contributed by atoms with Crippen LogP contribution in [-0.4, -0.2) is 50.1 Å². The van der Waals surface area contributed by atoms with Gasteiger partial charge in [-0.1, -0.05) is 38.0 Å². The molecule has 1 aliphatic carbocycles. The summed E-state index contributed by atoms with van der Waals surface area (Å²) in [4.78, 5) is 33.1. The van der Waals surface area contributed by atoms with E-state index >= 15 is 0 Å². The first-order valence-electron chi connectivity index (χ1n) is 11.7. The lowest BCUT2D eigenvalue weighted by atomic mass is 10.1. The molecule has 1 unspecified atom stereocenters. The second-order valence-corrected chi connectivity index (χ2v) is 10.2. The van der Waals surface area contributed by atoms with Crippen molar-refractivity contribution in [2.24, 2.45) is 0 Å². The van der Waals surface area contributed by atoms with Gasteiger partial charge in [-0.2, -0.15) is 13.9 Å². The Kier molecular flexibility index (Phi) is 12.3. The molecule has 1 aromatic rings. The zero-order chi connectivity index (χ0) is 23.9. The van der Waals surface area contributed by atoms with Gasteiger partial charge in [-0.15, -0.1) is 0 Å². The third-order valence-electron chi connectivity index (χ3n) is 5.25. The second-order valence-electron chi connectivity index (χ2n) is 8.06. The molecule has 1 aliphatic rings. The average molecular weight is 479 g/mol. The number of rotatable bonds is 18. The Hall–Kier alpha value is -2.05. The SMILES string of the molecule is CCc1cc(OCCCC(=O)NCCCCCCO[P+](C)(O)OCC2=CC=C2)ccc1C=O. The number of nitrogens with one attached hydrogen (secondary N) is 1.